The molecule has 1 amide bonds. The molecule has 0 aromatic carbocycles. The second kappa shape index (κ2) is 5.52. The van der Waals surface area contributed by atoms with Crippen LogP contribution < -0.4 is 0 Å². The number of hydrogen-bond donors (Lipinski definition) is 1. The van der Waals surface area contributed by atoms with Crippen molar-refractivity contribution >= 4 is 11.9 Å². The molecule has 1 rings (SSSR count). The molecule has 0 bridgehead atoms. The number of carboxylic acid groups (broad SMARTS) is 1. The van der Waals surface area contributed by atoms with Crippen LogP contribution in [0.15, 0.2) is 0 Å². The van der Waals surface area contributed by atoms with E-state index < -0.39 is 5.97 Å². The van der Waals surface area contributed by atoms with Crippen molar-refractivity contribution in [2.75, 3.05) is 6.54 Å². The van der Waals surface area contributed by atoms with Gasteiger partial charge in [0.1, 0.15) is 0 Å². The van der Waals surface area contributed by atoms with E-state index in [0.717, 1.165) is 25.8 Å². The van der Waals surface area contributed by atoms with E-state index in [1.165, 1.54) is 0 Å². The second-order valence-electron chi connectivity index (χ2n) is 5.83. The van der Waals surface area contributed by atoms with Crippen molar-refractivity contribution in [2.24, 2.45) is 5.41 Å². The first kappa shape index (κ1) is 14.0. The average molecular weight is 241 g/mol. The van der Waals surface area contributed by atoms with Crippen molar-refractivity contribution < 1.29 is 14.7 Å². The van der Waals surface area contributed by atoms with Crippen LogP contribution >= 0.6 is 0 Å². The Labute approximate surface area is 103 Å². The van der Waals surface area contributed by atoms with Crippen molar-refractivity contribution in [2.45, 2.75) is 58.9 Å². The maximum absolute atomic E-state index is 12.3. The van der Waals surface area contributed by atoms with Gasteiger partial charge in [0.2, 0.25) is 5.91 Å². The highest BCUT2D eigenvalue weighted by Gasteiger charge is 2.33. The number of rotatable bonds is 3. The third-order valence-corrected chi connectivity index (χ3v) is 3.22. The lowest BCUT2D eigenvalue weighted by Gasteiger charge is -2.39. The Hall–Kier alpha value is -1.06. The summed E-state index contributed by atoms with van der Waals surface area (Å²) in [5.41, 5.74) is -0.376. The predicted molar refractivity (Wildman–Crippen MR) is 65.7 cm³/mol. The Kier molecular flexibility index (Phi) is 4.54. The van der Waals surface area contributed by atoms with Gasteiger partial charge in [-0.2, -0.15) is 0 Å². The number of amides is 1. The highest BCUT2D eigenvalue weighted by atomic mass is 16.4. The van der Waals surface area contributed by atoms with Gasteiger partial charge in [-0.05, 0) is 25.7 Å². The summed E-state index contributed by atoms with van der Waals surface area (Å²) in [7, 11) is 0. The largest absolute Gasteiger partial charge is 0.481 e. The smallest absolute Gasteiger partial charge is 0.303 e. The van der Waals surface area contributed by atoms with E-state index in [1.807, 2.05) is 25.7 Å². The molecule has 1 aliphatic heterocycles. The summed E-state index contributed by atoms with van der Waals surface area (Å²) in [5.74, 6) is -0.633. The molecule has 1 fully saturated rings. The first-order valence-electron chi connectivity index (χ1n) is 6.35. The summed E-state index contributed by atoms with van der Waals surface area (Å²) in [5, 5.41) is 8.73. The average Bonchev–Trinajstić information content (AvgIpc) is 2.24. The van der Waals surface area contributed by atoms with Crippen LogP contribution in [0.5, 0.6) is 0 Å². The number of carboxylic acids is 1. The van der Waals surface area contributed by atoms with Gasteiger partial charge in [-0.3, -0.25) is 9.59 Å². The molecule has 1 aliphatic rings. The molecule has 0 aromatic heterocycles. The molecule has 1 unspecified atom stereocenters. The highest BCUT2D eigenvalue weighted by molar-refractivity contribution is 5.82. The normalized spacial score (nSPS) is 21.4. The fraction of sp³-hybridized carbons (Fsp3) is 0.846. The van der Waals surface area contributed by atoms with Gasteiger partial charge in [-0.15, -0.1) is 0 Å². The molecule has 0 saturated carbocycles. The zero-order chi connectivity index (χ0) is 13.1. The van der Waals surface area contributed by atoms with Crippen LogP contribution in [0.4, 0.5) is 0 Å². The second-order valence-corrected chi connectivity index (χ2v) is 5.83. The van der Waals surface area contributed by atoms with Crippen molar-refractivity contribution in [3.05, 3.63) is 0 Å². The van der Waals surface area contributed by atoms with E-state index in [1.54, 1.807) is 0 Å². The minimum atomic E-state index is -0.779. The minimum absolute atomic E-state index is 0.117. The fourth-order valence-electron chi connectivity index (χ4n) is 2.29. The van der Waals surface area contributed by atoms with Crippen LogP contribution in [0.25, 0.3) is 0 Å². The molecule has 0 spiro atoms. The SMILES string of the molecule is CC(C)(C)C(=O)N1CCCCC1CCC(=O)O. The lowest BCUT2D eigenvalue weighted by Crippen LogP contribution is -2.48. The van der Waals surface area contributed by atoms with Gasteiger partial charge in [0, 0.05) is 24.4 Å². The number of likely N-dealkylation sites (tertiary alicyclic amines) is 1. The lowest BCUT2D eigenvalue weighted by molar-refractivity contribution is -0.145. The molecule has 4 heteroatoms. The number of aliphatic carboxylic acids is 1. The molecular weight excluding hydrogens is 218 g/mol. The zero-order valence-corrected chi connectivity index (χ0v) is 11.0. The van der Waals surface area contributed by atoms with Gasteiger partial charge in [0.05, 0.1) is 0 Å². The zero-order valence-electron chi connectivity index (χ0n) is 11.0. The standard InChI is InChI=1S/C13H23NO3/c1-13(2,3)12(17)14-9-5-4-6-10(14)7-8-11(15)16/h10H,4-9H2,1-3H3,(H,15,16). The predicted octanol–water partition coefficient (Wildman–Crippen LogP) is 2.28. The molecule has 0 radical (unpaired) electrons. The van der Waals surface area contributed by atoms with E-state index in [-0.39, 0.29) is 23.8 Å². The van der Waals surface area contributed by atoms with Crippen molar-refractivity contribution in [1.82, 2.24) is 4.90 Å². The molecule has 1 N–H and O–H groups in total. The third-order valence-electron chi connectivity index (χ3n) is 3.22. The Morgan fingerprint density at radius 3 is 2.47 bits per heavy atom. The summed E-state index contributed by atoms with van der Waals surface area (Å²) in [4.78, 5) is 24.8. The van der Waals surface area contributed by atoms with E-state index in [9.17, 15) is 9.59 Å². The number of hydrogen-bond acceptors (Lipinski definition) is 2. The molecule has 1 atom stereocenters. The number of piperidine rings is 1. The first-order valence-corrected chi connectivity index (χ1v) is 6.35. The summed E-state index contributed by atoms with van der Waals surface area (Å²) < 4.78 is 0. The first-order chi connectivity index (χ1) is 7.82. The van der Waals surface area contributed by atoms with Gasteiger partial charge in [-0.1, -0.05) is 20.8 Å². The summed E-state index contributed by atoms with van der Waals surface area (Å²) in [6, 6.07) is 0.117. The maximum atomic E-state index is 12.3. The topological polar surface area (TPSA) is 57.6 Å². The van der Waals surface area contributed by atoms with Crippen LogP contribution in [0.3, 0.4) is 0 Å². The Morgan fingerprint density at radius 1 is 1.29 bits per heavy atom. The molecule has 17 heavy (non-hydrogen) atoms. The lowest BCUT2D eigenvalue weighted by atomic mass is 9.90. The van der Waals surface area contributed by atoms with E-state index in [2.05, 4.69) is 0 Å². The number of carbonyl (C=O) groups excluding carboxylic acids is 1. The van der Waals surface area contributed by atoms with E-state index in [0.29, 0.717) is 6.42 Å². The van der Waals surface area contributed by atoms with Gasteiger partial charge in [-0.25, -0.2) is 0 Å². The Morgan fingerprint density at radius 2 is 1.94 bits per heavy atom. The van der Waals surface area contributed by atoms with Crippen molar-refractivity contribution in [3.63, 3.8) is 0 Å². The monoisotopic (exact) mass is 241 g/mol. The quantitative estimate of drug-likeness (QED) is 0.824. The molecule has 4 nitrogen and oxygen atoms in total. The van der Waals surface area contributed by atoms with Crippen LogP contribution in [0, 0.1) is 5.41 Å². The summed E-state index contributed by atoms with van der Waals surface area (Å²) in [6.07, 6.45) is 3.80. The van der Waals surface area contributed by atoms with E-state index in [4.69, 9.17) is 5.11 Å². The van der Waals surface area contributed by atoms with Crippen LogP contribution in [0.1, 0.15) is 52.9 Å². The highest BCUT2D eigenvalue weighted by Crippen LogP contribution is 2.26. The number of carbonyl (C=O) groups is 2. The van der Waals surface area contributed by atoms with E-state index >= 15 is 0 Å². The van der Waals surface area contributed by atoms with Gasteiger partial charge in [0.15, 0.2) is 0 Å². The van der Waals surface area contributed by atoms with Gasteiger partial charge >= 0.3 is 5.97 Å². The molecule has 0 aromatic rings. The van der Waals surface area contributed by atoms with Crippen LogP contribution in [-0.2, 0) is 9.59 Å². The summed E-state index contributed by atoms with van der Waals surface area (Å²) in [6.45, 7) is 6.52. The fourth-order valence-corrected chi connectivity index (χ4v) is 2.29. The number of nitrogens with zero attached hydrogens (tertiary/aromatic N) is 1. The molecule has 98 valence electrons. The van der Waals surface area contributed by atoms with Gasteiger partial charge < -0.3 is 10.0 Å². The maximum Gasteiger partial charge on any atom is 0.303 e. The minimum Gasteiger partial charge on any atom is -0.481 e. The molecule has 1 heterocycles. The molecule has 0 aliphatic carbocycles. The Bertz CT molecular complexity index is 294. The van der Waals surface area contributed by atoms with Crippen molar-refractivity contribution in [3.8, 4) is 0 Å². The third kappa shape index (κ3) is 4.02. The van der Waals surface area contributed by atoms with Gasteiger partial charge in [0.25, 0.3) is 0 Å². The Balaban J connectivity index is 2.65. The van der Waals surface area contributed by atoms with Crippen LogP contribution in [-0.4, -0.2) is 34.5 Å². The van der Waals surface area contributed by atoms with Crippen molar-refractivity contribution in [1.29, 1.82) is 0 Å². The molecule has 1 saturated heterocycles. The summed E-state index contributed by atoms with van der Waals surface area (Å²) >= 11 is 0. The molecular formula is C13H23NO3. The van der Waals surface area contributed by atoms with Crippen LogP contribution in [0.2, 0.25) is 0 Å².